The lowest BCUT2D eigenvalue weighted by atomic mass is 10.1. The van der Waals surface area contributed by atoms with Crippen molar-refractivity contribution in [1.82, 2.24) is 9.38 Å². The maximum Gasteiger partial charge on any atom is 0.263 e. The van der Waals surface area contributed by atoms with Gasteiger partial charge in [-0.05, 0) is 44.2 Å². The second-order valence-electron chi connectivity index (χ2n) is 6.79. The third kappa shape index (κ3) is 2.15. The van der Waals surface area contributed by atoms with Gasteiger partial charge in [0.2, 0.25) is 0 Å². The highest BCUT2D eigenvalue weighted by Crippen LogP contribution is 2.34. The van der Waals surface area contributed by atoms with Gasteiger partial charge in [0.1, 0.15) is 5.75 Å². The molecular formula is C22H16N2O3. The number of hydrogen-bond donors (Lipinski definition) is 0. The summed E-state index contributed by atoms with van der Waals surface area (Å²) >= 11 is 0. The number of ether oxygens (including phenoxy) is 1. The van der Waals surface area contributed by atoms with E-state index in [9.17, 15) is 9.59 Å². The van der Waals surface area contributed by atoms with Crippen LogP contribution in [0.3, 0.4) is 0 Å². The Balaban J connectivity index is 1.92. The first kappa shape index (κ1) is 15.8. The van der Waals surface area contributed by atoms with Crippen LogP contribution in [0.2, 0.25) is 0 Å². The zero-order valence-electron chi connectivity index (χ0n) is 14.9. The SMILES string of the molecule is CC(=O)C(C)Oc1ccc2c(c1)c1ccnc3c4ccccc4c(=O)n2c13. The molecule has 1 unspecified atom stereocenters. The Hall–Kier alpha value is -3.47. The first-order valence-corrected chi connectivity index (χ1v) is 8.80. The summed E-state index contributed by atoms with van der Waals surface area (Å²) in [4.78, 5) is 29.2. The van der Waals surface area contributed by atoms with Crippen LogP contribution in [0.1, 0.15) is 13.8 Å². The number of carbonyl (C=O) groups excluding carboxylic acids is 1. The Bertz CT molecular complexity index is 1420. The van der Waals surface area contributed by atoms with Crippen LogP contribution in [-0.4, -0.2) is 21.3 Å². The van der Waals surface area contributed by atoms with E-state index in [4.69, 9.17) is 4.74 Å². The topological polar surface area (TPSA) is 60.7 Å². The molecule has 5 aromatic rings. The van der Waals surface area contributed by atoms with Gasteiger partial charge in [0.25, 0.3) is 5.56 Å². The molecule has 2 aromatic carbocycles. The lowest BCUT2D eigenvalue weighted by Crippen LogP contribution is -2.20. The van der Waals surface area contributed by atoms with Crippen LogP contribution < -0.4 is 10.3 Å². The van der Waals surface area contributed by atoms with E-state index in [0.717, 1.165) is 32.7 Å². The molecule has 1 atom stereocenters. The zero-order valence-corrected chi connectivity index (χ0v) is 14.9. The van der Waals surface area contributed by atoms with E-state index in [0.29, 0.717) is 11.1 Å². The Labute approximate surface area is 154 Å². The second kappa shape index (κ2) is 5.51. The normalized spacial score (nSPS) is 13.0. The van der Waals surface area contributed by atoms with E-state index < -0.39 is 6.10 Å². The smallest absolute Gasteiger partial charge is 0.263 e. The lowest BCUT2D eigenvalue weighted by molar-refractivity contribution is -0.122. The standard InChI is InChI=1S/C22H16N2O3/c1-12(25)13(2)27-14-7-8-19-18(11-14)16-9-10-23-20-15-5-3-4-6-17(15)22(26)24(19)21(16)20/h3-11,13H,1-2H3. The Kier molecular flexibility index (Phi) is 3.22. The molecule has 3 heterocycles. The second-order valence-corrected chi connectivity index (χ2v) is 6.79. The van der Waals surface area contributed by atoms with E-state index in [1.807, 2.05) is 42.5 Å². The summed E-state index contributed by atoms with van der Waals surface area (Å²) in [7, 11) is 0. The first-order chi connectivity index (χ1) is 13.1. The van der Waals surface area contributed by atoms with Gasteiger partial charge in [-0.2, -0.15) is 0 Å². The number of nitrogens with zero attached hydrogens (tertiary/aromatic N) is 2. The number of ketones is 1. The first-order valence-electron chi connectivity index (χ1n) is 8.80. The van der Waals surface area contributed by atoms with Gasteiger partial charge in [-0.3, -0.25) is 19.0 Å². The van der Waals surface area contributed by atoms with Crippen LogP contribution in [0.15, 0.2) is 59.5 Å². The minimum atomic E-state index is -0.519. The minimum Gasteiger partial charge on any atom is -0.483 e. The van der Waals surface area contributed by atoms with Crippen LogP contribution in [0.25, 0.3) is 38.1 Å². The molecule has 5 heteroatoms. The van der Waals surface area contributed by atoms with Gasteiger partial charge < -0.3 is 4.74 Å². The molecule has 0 N–H and O–H groups in total. The highest BCUT2D eigenvalue weighted by molar-refractivity contribution is 6.18. The van der Waals surface area contributed by atoms with E-state index in [1.165, 1.54) is 6.92 Å². The quantitative estimate of drug-likeness (QED) is 0.459. The largest absolute Gasteiger partial charge is 0.483 e. The van der Waals surface area contributed by atoms with E-state index in [2.05, 4.69) is 4.98 Å². The van der Waals surface area contributed by atoms with E-state index in [-0.39, 0.29) is 11.3 Å². The van der Waals surface area contributed by atoms with Crippen molar-refractivity contribution in [2.75, 3.05) is 0 Å². The van der Waals surface area contributed by atoms with Crippen molar-refractivity contribution in [2.24, 2.45) is 0 Å². The van der Waals surface area contributed by atoms with Crippen LogP contribution in [-0.2, 0) is 4.79 Å². The fourth-order valence-corrected chi connectivity index (χ4v) is 3.71. The van der Waals surface area contributed by atoms with Gasteiger partial charge >= 0.3 is 0 Å². The number of rotatable bonds is 3. The molecular weight excluding hydrogens is 340 g/mol. The predicted octanol–water partition coefficient (Wildman–Crippen LogP) is 3.95. The van der Waals surface area contributed by atoms with Gasteiger partial charge in [0.15, 0.2) is 11.9 Å². The van der Waals surface area contributed by atoms with Gasteiger partial charge in [0, 0.05) is 27.7 Å². The number of benzene rings is 2. The molecule has 0 bridgehead atoms. The molecule has 132 valence electrons. The van der Waals surface area contributed by atoms with Gasteiger partial charge in [-0.1, -0.05) is 18.2 Å². The molecule has 0 saturated carbocycles. The van der Waals surface area contributed by atoms with Crippen LogP contribution in [0.5, 0.6) is 5.75 Å². The molecule has 0 aliphatic rings. The van der Waals surface area contributed by atoms with Crippen LogP contribution in [0, 0.1) is 0 Å². The Morgan fingerprint density at radius 2 is 1.81 bits per heavy atom. The maximum atomic E-state index is 13.2. The van der Waals surface area contributed by atoms with Crippen molar-refractivity contribution in [3.05, 3.63) is 65.1 Å². The van der Waals surface area contributed by atoms with Crippen molar-refractivity contribution in [2.45, 2.75) is 20.0 Å². The van der Waals surface area contributed by atoms with Crippen molar-refractivity contribution >= 4 is 43.9 Å². The Morgan fingerprint density at radius 3 is 2.59 bits per heavy atom. The predicted molar refractivity (Wildman–Crippen MR) is 106 cm³/mol. The van der Waals surface area contributed by atoms with Gasteiger partial charge in [-0.15, -0.1) is 0 Å². The van der Waals surface area contributed by atoms with Gasteiger partial charge in [-0.25, -0.2) is 0 Å². The summed E-state index contributed by atoms with van der Waals surface area (Å²) in [5, 5.41) is 3.35. The summed E-state index contributed by atoms with van der Waals surface area (Å²) in [5.41, 5.74) is 2.37. The molecule has 0 saturated heterocycles. The Morgan fingerprint density at radius 1 is 1.04 bits per heavy atom. The molecule has 27 heavy (non-hydrogen) atoms. The third-order valence-electron chi connectivity index (χ3n) is 5.15. The number of hydrogen-bond acceptors (Lipinski definition) is 4. The number of carbonyl (C=O) groups is 1. The number of pyridine rings is 2. The maximum absolute atomic E-state index is 13.2. The van der Waals surface area contributed by atoms with Gasteiger partial charge in [0.05, 0.1) is 16.6 Å². The van der Waals surface area contributed by atoms with Crippen molar-refractivity contribution < 1.29 is 9.53 Å². The molecule has 0 aliphatic carbocycles. The monoisotopic (exact) mass is 356 g/mol. The molecule has 3 aromatic heterocycles. The molecule has 0 aliphatic heterocycles. The van der Waals surface area contributed by atoms with E-state index in [1.54, 1.807) is 23.6 Å². The minimum absolute atomic E-state index is 0.0347. The van der Waals surface area contributed by atoms with Crippen molar-refractivity contribution in [1.29, 1.82) is 0 Å². The highest BCUT2D eigenvalue weighted by atomic mass is 16.5. The number of aromatic nitrogens is 2. The molecule has 0 radical (unpaired) electrons. The summed E-state index contributed by atoms with van der Waals surface area (Å²) in [6.45, 7) is 3.23. The number of Topliss-reactive ketones (excluding diaryl/α,β-unsaturated/α-hetero) is 1. The zero-order chi connectivity index (χ0) is 18.7. The molecule has 0 spiro atoms. The summed E-state index contributed by atoms with van der Waals surface area (Å²) < 4.78 is 7.48. The average Bonchev–Trinajstić information content (AvgIpc) is 3.01. The van der Waals surface area contributed by atoms with Crippen LogP contribution in [0.4, 0.5) is 0 Å². The summed E-state index contributed by atoms with van der Waals surface area (Å²) in [6, 6.07) is 15.0. The number of fused-ring (bicyclic) bond motifs is 5. The van der Waals surface area contributed by atoms with Crippen molar-refractivity contribution in [3.8, 4) is 5.75 Å². The average molecular weight is 356 g/mol. The fraction of sp³-hybridized carbons (Fsp3) is 0.136. The van der Waals surface area contributed by atoms with Crippen molar-refractivity contribution in [3.63, 3.8) is 0 Å². The molecule has 0 amide bonds. The lowest BCUT2D eigenvalue weighted by Gasteiger charge is -2.11. The molecule has 5 rings (SSSR count). The summed E-state index contributed by atoms with van der Waals surface area (Å²) in [6.07, 6.45) is 1.24. The summed E-state index contributed by atoms with van der Waals surface area (Å²) in [5.74, 6) is 0.569. The molecule has 0 fully saturated rings. The third-order valence-corrected chi connectivity index (χ3v) is 5.15. The fourth-order valence-electron chi connectivity index (χ4n) is 3.71. The van der Waals surface area contributed by atoms with Crippen LogP contribution >= 0.6 is 0 Å². The molecule has 5 nitrogen and oxygen atoms in total. The van der Waals surface area contributed by atoms with E-state index >= 15 is 0 Å². The highest BCUT2D eigenvalue weighted by Gasteiger charge is 2.18.